The Bertz CT molecular complexity index is 1250. The summed E-state index contributed by atoms with van der Waals surface area (Å²) in [5.41, 5.74) is 9.31. The second-order valence-corrected chi connectivity index (χ2v) is 8.74. The number of nitrogens with zero attached hydrogens (tertiary/aromatic N) is 3. The average molecular weight is 470 g/mol. The fraction of sp³-hybridized carbons (Fsp3) is 0.300. The van der Waals surface area contributed by atoms with Crippen LogP contribution < -0.4 is 4.74 Å². The molecule has 0 saturated carbocycles. The van der Waals surface area contributed by atoms with Gasteiger partial charge in [-0.3, -0.25) is 0 Å². The molecule has 0 radical (unpaired) electrons. The molecule has 0 atom stereocenters. The van der Waals surface area contributed by atoms with E-state index in [1.807, 2.05) is 13.8 Å². The summed E-state index contributed by atoms with van der Waals surface area (Å²) in [6.45, 7) is 16.5. The predicted octanol–water partition coefficient (Wildman–Crippen LogP) is 7.46. The van der Waals surface area contributed by atoms with Crippen molar-refractivity contribution in [3.05, 3.63) is 75.8 Å². The Morgan fingerprint density at radius 3 is 1.37 bits per heavy atom. The normalized spacial score (nSPS) is 10.5. The topological polar surface area (TPSA) is 68.1 Å². The van der Waals surface area contributed by atoms with Gasteiger partial charge in [-0.05, 0) is 75.9 Å². The number of benzene rings is 3. The molecule has 0 aliphatic rings. The third-order valence-electron chi connectivity index (χ3n) is 5.88. The molecule has 4 aromatic rings. The van der Waals surface area contributed by atoms with E-state index < -0.39 is 0 Å². The summed E-state index contributed by atoms with van der Waals surface area (Å²) in [7, 11) is 1.57. The number of aromatic nitrogens is 3. The first-order valence-electron chi connectivity index (χ1n) is 12.0. The first-order valence-corrected chi connectivity index (χ1v) is 12.0. The molecule has 0 bridgehead atoms. The molecular weight excluding hydrogens is 434 g/mol. The van der Waals surface area contributed by atoms with Crippen molar-refractivity contribution in [3.63, 3.8) is 0 Å². The number of phenols is 1. The third-order valence-corrected chi connectivity index (χ3v) is 5.88. The van der Waals surface area contributed by atoms with Gasteiger partial charge in [0.15, 0.2) is 17.5 Å². The van der Waals surface area contributed by atoms with E-state index in [4.69, 9.17) is 19.7 Å². The zero-order valence-electron chi connectivity index (χ0n) is 22.2. The molecule has 0 amide bonds. The van der Waals surface area contributed by atoms with Crippen molar-refractivity contribution in [3.8, 4) is 45.7 Å². The molecule has 35 heavy (non-hydrogen) atoms. The van der Waals surface area contributed by atoms with Crippen molar-refractivity contribution in [1.29, 1.82) is 0 Å². The molecule has 3 aromatic carbocycles. The fourth-order valence-corrected chi connectivity index (χ4v) is 4.61. The Hall–Kier alpha value is -3.73. The molecule has 0 aliphatic carbocycles. The van der Waals surface area contributed by atoms with Crippen molar-refractivity contribution in [2.45, 2.75) is 55.4 Å². The van der Waals surface area contributed by atoms with E-state index >= 15 is 0 Å². The van der Waals surface area contributed by atoms with E-state index in [2.05, 4.69) is 65.8 Å². The highest BCUT2D eigenvalue weighted by Crippen LogP contribution is 2.35. The van der Waals surface area contributed by atoms with Crippen LogP contribution in [0.4, 0.5) is 0 Å². The SMILES string of the molecule is CC.COc1ccc(-c2nc(-c3c(C)cc(C)cc3C)nc(-c3c(C)cc(C)cc3C)n2)c(O)c1. The van der Waals surface area contributed by atoms with Gasteiger partial charge in [0, 0.05) is 17.2 Å². The van der Waals surface area contributed by atoms with Crippen LogP contribution in [0.2, 0.25) is 0 Å². The largest absolute Gasteiger partial charge is 0.507 e. The van der Waals surface area contributed by atoms with Crippen LogP contribution in [0.25, 0.3) is 34.2 Å². The highest BCUT2D eigenvalue weighted by atomic mass is 16.5. The zero-order chi connectivity index (χ0) is 25.9. The Balaban J connectivity index is 0.00000167. The Morgan fingerprint density at radius 1 is 0.600 bits per heavy atom. The van der Waals surface area contributed by atoms with Crippen LogP contribution in [0.1, 0.15) is 47.2 Å². The van der Waals surface area contributed by atoms with Gasteiger partial charge in [0.25, 0.3) is 0 Å². The minimum atomic E-state index is 0.0622. The summed E-state index contributed by atoms with van der Waals surface area (Å²) in [5.74, 6) is 2.25. The second kappa shape index (κ2) is 10.7. The summed E-state index contributed by atoms with van der Waals surface area (Å²) in [6.07, 6.45) is 0. The average Bonchev–Trinajstić information content (AvgIpc) is 2.79. The highest BCUT2D eigenvalue weighted by Gasteiger charge is 2.19. The van der Waals surface area contributed by atoms with Gasteiger partial charge in [0.1, 0.15) is 11.5 Å². The molecule has 0 aliphatic heterocycles. The first kappa shape index (κ1) is 25.9. The summed E-state index contributed by atoms with van der Waals surface area (Å²) < 4.78 is 5.24. The molecule has 1 aromatic heterocycles. The summed E-state index contributed by atoms with van der Waals surface area (Å²) >= 11 is 0. The Kier molecular flexibility index (Phi) is 7.90. The van der Waals surface area contributed by atoms with Crippen LogP contribution in [0.15, 0.2) is 42.5 Å². The molecule has 1 N–H and O–H groups in total. The Morgan fingerprint density at radius 2 is 1.00 bits per heavy atom. The summed E-state index contributed by atoms with van der Waals surface area (Å²) in [5, 5.41) is 10.7. The predicted molar refractivity (Wildman–Crippen MR) is 144 cm³/mol. The lowest BCUT2D eigenvalue weighted by Gasteiger charge is -2.15. The van der Waals surface area contributed by atoms with E-state index in [1.54, 1.807) is 25.3 Å². The highest BCUT2D eigenvalue weighted by molar-refractivity contribution is 5.74. The lowest BCUT2D eigenvalue weighted by Crippen LogP contribution is -2.04. The third kappa shape index (κ3) is 5.35. The van der Waals surface area contributed by atoms with Crippen molar-refractivity contribution in [2.24, 2.45) is 0 Å². The van der Waals surface area contributed by atoms with Crippen LogP contribution >= 0.6 is 0 Å². The Labute approximate surface area is 208 Å². The number of aromatic hydroxyl groups is 1. The number of aryl methyl sites for hydroxylation is 6. The van der Waals surface area contributed by atoms with E-state index in [0.29, 0.717) is 28.8 Å². The first-order chi connectivity index (χ1) is 16.7. The van der Waals surface area contributed by atoms with Gasteiger partial charge in [-0.2, -0.15) is 0 Å². The van der Waals surface area contributed by atoms with Gasteiger partial charge in [-0.25, -0.2) is 15.0 Å². The van der Waals surface area contributed by atoms with Crippen molar-refractivity contribution in [1.82, 2.24) is 15.0 Å². The maximum absolute atomic E-state index is 10.7. The molecular formula is C30H35N3O2. The maximum atomic E-state index is 10.7. The van der Waals surface area contributed by atoms with E-state index in [-0.39, 0.29) is 5.75 Å². The zero-order valence-corrected chi connectivity index (χ0v) is 22.2. The van der Waals surface area contributed by atoms with E-state index in [9.17, 15) is 5.11 Å². The molecule has 0 spiro atoms. The van der Waals surface area contributed by atoms with Crippen molar-refractivity contribution < 1.29 is 9.84 Å². The van der Waals surface area contributed by atoms with Gasteiger partial charge >= 0.3 is 0 Å². The number of methoxy groups -OCH3 is 1. The second-order valence-electron chi connectivity index (χ2n) is 8.74. The smallest absolute Gasteiger partial charge is 0.167 e. The molecule has 5 heteroatoms. The summed E-state index contributed by atoms with van der Waals surface area (Å²) in [6, 6.07) is 13.7. The van der Waals surface area contributed by atoms with Crippen molar-refractivity contribution >= 4 is 0 Å². The van der Waals surface area contributed by atoms with Crippen LogP contribution in [-0.2, 0) is 0 Å². The molecule has 1 heterocycles. The van der Waals surface area contributed by atoms with E-state index in [0.717, 1.165) is 33.4 Å². The molecule has 0 unspecified atom stereocenters. The van der Waals surface area contributed by atoms with Crippen LogP contribution in [-0.4, -0.2) is 27.2 Å². The minimum absolute atomic E-state index is 0.0622. The quantitative estimate of drug-likeness (QED) is 0.336. The van der Waals surface area contributed by atoms with E-state index in [1.165, 1.54) is 11.1 Å². The standard InChI is InChI=1S/C28H29N3O2.C2H6/c1-15-10-17(3)24(18(4)11-15)27-29-26(22-9-8-21(33-7)14-23(22)32)30-28(31-27)25-19(5)12-16(2)13-20(25)6;1-2/h8-14,32H,1-7H3;1-2H3. The number of hydrogen-bond acceptors (Lipinski definition) is 5. The van der Waals surface area contributed by atoms with Crippen LogP contribution in [0.3, 0.4) is 0 Å². The fourth-order valence-electron chi connectivity index (χ4n) is 4.61. The summed E-state index contributed by atoms with van der Waals surface area (Å²) in [4.78, 5) is 14.6. The van der Waals surface area contributed by atoms with Crippen molar-refractivity contribution in [2.75, 3.05) is 7.11 Å². The van der Waals surface area contributed by atoms with Gasteiger partial charge in [-0.15, -0.1) is 0 Å². The number of hydrogen-bond donors (Lipinski definition) is 1. The van der Waals surface area contributed by atoms with Gasteiger partial charge < -0.3 is 9.84 Å². The molecule has 5 nitrogen and oxygen atoms in total. The lowest BCUT2D eigenvalue weighted by molar-refractivity contribution is 0.408. The maximum Gasteiger partial charge on any atom is 0.167 e. The lowest BCUT2D eigenvalue weighted by atomic mass is 9.97. The monoisotopic (exact) mass is 469 g/mol. The number of rotatable bonds is 4. The van der Waals surface area contributed by atoms with Crippen LogP contribution in [0.5, 0.6) is 11.5 Å². The molecule has 0 fully saturated rings. The minimum Gasteiger partial charge on any atom is -0.507 e. The number of phenolic OH excluding ortho intramolecular Hbond substituents is 1. The number of ether oxygens (including phenoxy) is 1. The van der Waals surface area contributed by atoms with Gasteiger partial charge in [0.05, 0.1) is 12.7 Å². The molecule has 4 rings (SSSR count). The van der Waals surface area contributed by atoms with Gasteiger partial charge in [-0.1, -0.05) is 49.2 Å². The molecule has 0 saturated heterocycles. The molecule has 182 valence electrons. The van der Waals surface area contributed by atoms with Gasteiger partial charge in [0.2, 0.25) is 0 Å². The van der Waals surface area contributed by atoms with Crippen LogP contribution in [0, 0.1) is 41.5 Å².